The lowest BCUT2D eigenvalue weighted by atomic mass is 9.92. The lowest BCUT2D eigenvalue weighted by Crippen LogP contribution is -2.46. The molecular formula is C17H29N3S. The maximum absolute atomic E-state index is 3.26. The zero-order valence-electron chi connectivity index (χ0n) is 13.5. The third kappa shape index (κ3) is 3.67. The number of rotatable bonds is 5. The minimum absolute atomic E-state index is 0.705. The lowest BCUT2D eigenvalue weighted by molar-refractivity contribution is 0.103. The number of thiophene rings is 1. The van der Waals surface area contributed by atoms with E-state index in [1.165, 1.54) is 58.3 Å². The van der Waals surface area contributed by atoms with Crippen LogP contribution in [0.25, 0.3) is 0 Å². The molecule has 0 bridgehead atoms. The summed E-state index contributed by atoms with van der Waals surface area (Å²) in [5.41, 5.74) is 1.68. The van der Waals surface area contributed by atoms with E-state index < -0.39 is 0 Å². The van der Waals surface area contributed by atoms with Crippen LogP contribution in [0.1, 0.15) is 40.6 Å². The van der Waals surface area contributed by atoms with Crippen molar-refractivity contribution in [1.82, 2.24) is 15.1 Å². The van der Waals surface area contributed by atoms with Crippen molar-refractivity contribution >= 4 is 11.3 Å². The van der Waals surface area contributed by atoms with Gasteiger partial charge in [-0.2, -0.15) is 0 Å². The molecular weight excluding hydrogens is 278 g/mol. The Labute approximate surface area is 133 Å². The number of fused-ring (bicyclic) bond motifs is 1. The van der Waals surface area contributed by atoms with E-state index in [2.05, 4.69) is 39.6 Å². The molecule has 0 aromatic carbocycles. The molecule has 0 amide bonds. The average Bonchev–Trinajstić information content (AvgIpc) is 2.91. The van der Waals surface area contributed by atoms with Crippen molar-refractivity contribution in [3.63, 3.8) is 0 Å². The summed E-state index contributed by atoms with van der Waals surface area (Å²) in [6.45, 7) is 6.07. The van der Waals surface area contributed by atoms with Crippen LogP contribution in [0, 0.1) is 0 Å². The topological polar surface area (TPSA) is 18.5 Å². The zero-order valence-corrected chi connectivity index (χ0v) is 14.3. The van der Waals surface area contributed by atoms with Gasteiger partial charge in [0, 0.05) is 42.0 Å². The van der Waals surface area contributed by atoms with E-state index in [4.69, 9.17) is 0 Å². The fourth-order valence-electron chi connectivity index (χ4n) is 3.66. The third-order valence-corrected chi connectivity index (χ3v) is 6.23. The van der Waals surface area contributed by atoms with Gasteiger partial charge < -0.3 is 10.2 Å². The van der Waals surface area contributed by atoms with E-state index in [0.29, 0.717) is 6.04 Å². The Kier molecular flexibility index (Phi) is 5.33. The molecule has 0 radical (unpaired) electrons. The molecule has 1 aromatic heterocycles. The molecule has 21 heavy (non-hydrogen) atoms. The second-order valence-corrected chi connectivity index (χ2v) is 7.77. The fraction of sp³-hybridized carbons (Fsp3) is 0.765. The third-order valence-electron chi connectivity index (χ3n) is 4.96. The summed E-state index contributed by atoms with van der Waals surface area (Å²) < 4.78 is 0. The summed E-state index contributed by atoms with van der Waals surface area (Å²) in [6, 6.07) is 3.24. The van der Waals surface area contributed by atoms with Crippen molar-refractivity contribution in [3.8, 4) is 0 Å². The second-order valence-electron chi connectivity index (χ2n) is 6.55. The molecule has 3 nitrogen and oxygen atoms in total. The number of likely N-dealkylation sites (N-methyl/N-ethyl adjacent to an activating group) is 1. The highest BCUT2D eigenvalue weighted by Gasteiger charge is 2.29. The molecule has 2 aliphatic rings. The van der Waals surface area contributed by atoms with Gasteiger partial charge in [-0.15, -0.1) is 11.3 Å². The maximum Gasteiger partial charge on any atom is 0.0360 e. The second kappa shape index (κ2) is 7.23. The lowest BCUT2D eigenvalue weighted by Gasteiger charge is -2.39. The number of hydrogen-bond donors (Lipinski definition) is 1. The van der Waals surface area contributed by atoms with Crippen LogP contribution in [0.4, 0.5) is 0 Å². The molecule has 1 atom stereocenters. The van der Waals surface area contributed by atoms with Gasteiger partial charge in [-0.05, 0) is 64.4 Å². The predicted octanol–water partition coefficient (Wildman–Crippen LogP) is 2.52. The van der Waals surface area contributed by atoms with Crippen LogP contribution in [-0.2, 0) is 12.8 Å². The van der Waals surface area contributed by atoms with E-state index in [1.54, 1.807) is 15.3 Å². The van der Waals surface area contributed by atoms with Crippen LogP contribution in [0.3, 0.4) is 0 Å². The zero-order chi connectivity index (χ0) is 14.7. The van der Waals surface area contributed by atoms with Crippen LogP contribution in [0.5, 0.6) is 0 Å². The van der Waals surface area contributed by atoms with E-state index in [9.17, 15) is 0 Å². The smallest absolute Gasteiger partial charge is 0.0360 e. The van der Waals surface area contributed by atoms with Crippen LogP contribution in [0.2, 0.25) is 0 Å². The summed E-state index contributed by atoms with van der Waals surface area (Å²) in [6.07, 6.45) is 6.56. The molecule has 118 valence electrons. The van der Waals surface area contributed by atoms with Gasteiger partial charge in [-0.25, -0.2) is 0 Å². The van der Waals surface area contributed by atoms with Crippen molar-refractivity contribution in [2.75, 3.05) is 46.8 Å². The van der Waals surface area contributed by atoms with Gasteiger partial charge in [0.05, 0.1) is 0 Å². The quantitative estimate of drug-likeness (QED) is 0.843. The molecule has 1 N–H and O–H groups in total. The Balaban J connectivity index is 1.68. The maximum atomic E-state index is 3.26. The molecule has 1 aliphatic carbocycles. The van der Waals surface area contributed by atoms with Crippen molar-refractivity contribution in [2.24, 2.45) is 0 Å². The minimum Gasteiger partial charge on any atom is -0.320 e. The number of hydrogen-bond acceptors (Lipinski definition) is 4. The number of nitrogens with one attached hydrogen (secondary N) is 1. The highest BCUT2D eigenvalue weighted by Crippen LogP contribution is 2.39. The van der Waals surface area contributed by atoms with E-state index in [1.807, 2.05) is 7.05 Å². The number of nitrogens with zero attached hydrogens (tertiary/aromatic N) is 2. The van der Waals surface area contributed by atoms with Gasteiger partial charge in [0.1, 0.15) is 0 Å². The Bertz CT molecular complexity index is 449. The molecule has 1 aromatic rings. The van der Waals surface area contributed by atoms with Gasteiger partial charge >= 0.3 is 0 Å². The molecule has 0 spiro atoms. The van der Waals surface area contributed by atoms with E-state index >= 15 is 0 Å². The summed E-state index contributed by atoms with van der Waals surface area (Å²) in [5, 5.41) is 3.26. The Hall–Kier alpha value is -0.420. The fourth-order valence-corrected chi connectivity index (χ4v) is 4.97. The Morgan fingerprint density at radius 2 is 2.10 bits per heavy atom. The molecule has 1 fully saturated rings. The molecule has 1 unspecified atom stereocenters. The first-order valence-electron chi connectivity index (χ1n) is 8.46. The van der Waals surface area contributed by atoms with Crippen molar-refractivity contribution < 1.29 is 0 Å². The first-order valence-corrected chi connectivity index (χ1v) is 9.28. The normalized spacial score (nSPS) is 24.2. The summed E-state index contributed by atoms with van der Waals surface area (Å²) in [7, 11) is 4.29. The summed E-state index contributed by atoms with van der Waals surface area (Å²) in [5.74, 6) is 0. The highest BCUT2D eigenvalue weighted by atomic mass is 32.1. The molecule has 2 heterocycles. The van der Waals surface area contributed by atoms with Crippen LogP contribution in [-0.4, -0.2) is 56.6 Å². The predicted molar refractivity (Wildman–Crippen MR) is 91.3 cm³/mol. The minimum atomic E-state index is 0.705. The molecule has 0 saturated carbocycles. The van der Waals surface area contributed by atoms with Gasteiger partial charge in [0.25, 0.3) is 0 Å². The first-order chi connectivity index (χ1) is 10.3. The van der Waals surface area contributed by atoms with Crippen molar-refractivity contribution in [1.29, 1.82) is 0 Å². The molecule has 1 aliphatic heterocycles. The first kappa shape index (κ1) is 15.5. The van der Waals surface area contributed by atoms with E-state index in [-0.39, 0.29) is 0 Å². The Morgan fingerprint density at radius 3 is 2.86 bits per heavy atom. The van der Waals surface area contributed by atoms with Crippen molar-refractivity contribution in [2.45, 2.75) is 38.1 Å². The van der Waals surface area contributed by atoms with Crippen LogP contribution in [0.15, 0.2) is 6.07 Å². The largest absolute Gasteiger partial charge is 0.320 e. The standard InChI is InChI=1S/C17H29N3S/c1-18-8-4-5-14-13-15-16(6-3-7-17(15)21-14)20-11-9-19(2)10-12-20/h13,16,18H,3-12H2,1-2H3. The van der Waals surface area contributed by atoms with Gasteiger partial charge in [-0.1, -0.05) is 0 Å². The van der Waals surface area contributed by atoms with Crippen LogP contribution < -0.4 is 5.32 Å². The van der Waals surface area contributed by atoms with Crippen molar-refractivity contribution in [3.05, 3.63) is 21.4 Å². The number of aryl methyl sites for hydroxylation is 2. The summed E-state index contributed by atoms with van der Waals surface area (Å²) in [4.78, 5) is 8.49. The Morgan fingerprint density at radius 1 is 1.29 bits per heavy atom. The van der Waals surface area contributed by atoms with Crippen LogP contribution >= 0.6 is 11.3 Å². The average molecular weight is 308 g/mol. The monoisotopic (exact) mass is 307 g/mol. The molecule has 4 heteroatoms. The molecule has 3 rings (SSSR count). The highest BCUT2D eigenvalue weighted by molar-refractivity contribution is 7.12. The van der Waals surface area contributed by atoms with E-state index in [0.717, 1.165) is 6.54 Å². The molecule has 1 saturated heterocycles. The van der Waals surface area contributed by atoms with Gasteiger partial charge in [-0.3, -0.25) is 4.90 Å². The number of piperazine rings is 1. The van der Waals surface area contributed by atoms with Gasteiger partial charge in [0.2, 0.25) is 0 Å². The SMILES string of the molecule is CNCCCc1cc2c(s1)CCCC2N1CCN(C)CC1. The van der Waals surface area contributed by atoms with Gasteiger partial charge in [0.15, 0.2) is 0 Å². The summed E-state index contributed by atoms with van der Waals surface area (Å²) >= 11 is 2.09.